The van der Waals surface area contributed by atoms with Crippen molar-refractivity contribution in [1.82, 2.24) is 14.4 Å². The Morgan fingerprint density at radius 1 is 1.05 bits per heavy atom. The molecule has 2 heterocycles. The Morgan fingerprint density at radius 2 is 1.82 bits per heavy atom. The standard InChI is InChI=1S/C29H30ClN3O5/c1-31(28(34)19-33-25-17-23(30)10-11-27(25)38-29(33)35)26(18-32-12-14-37-15-13-32)21-8-6-20(7-9-21)22-4-3-5-24(16-22)36-2/h3-11,16-17,26H,12-15,18-19H2,1-2H3. The van der Waals surface area contributed by atoms with Crippen molar-refractivity contribution in [3.8, 4) is 16.9 Å². The lowest BCUT2D eigenvalue weighted by Crippen LogP contribution is -2.44. The molecule has 1 saturated heterocycles. The van der Waals surface area contributed by atoms with Crippen molar-refractivity contribution in [2.45, 2.75) is 12.6 Å². The molecule has 8 nitrogen and oxygen atoms in total. The third-order valence-electron chi connectivity index (χ3n) is 7.02. The minimum atomic E-state index is -0.587. The summed E-state index contributed by atoms with van der Waals surface area (Å²) in [6, 6.07) is 20.8. The number of halogens is 1. The fraction of sp³-hybridized carbons (Fsp3) is 0.310. The van der Waals surface area contributed by atoms with Gasteiger partial charge in [0.15, 0.2) is 5.58 Å². The largest absolute Gasteiger partial charge is 0.497 e. The van der Waals surface area contributed by atoms with Crippen molar-refractivity contribution in [2.75, 3.05) is 47.0 Å². The summed E-state index contributed by atoms with van der Waals surface area (Å²) in [4.78, 5) is 30.1. The van der Waals surface area contributed by atoms with E-state index in [0.717, 1.165) is 35.5 Å². The van der Waals surface area contributed by atoms with Crippen LogP contribution in [0.4, 0.5) is 0 Å². The van der Waals surface area contributed by atoms with Gasteiger partial charge in [-0.25, -0.2) is 4.79 Å². The van der Waals surface area contributed by atoms with E-state index >= 15 is 0 Å². The molecular weight excluding hydrogens is 506 g/mol. The fourth-order valence-corrected chi connectivity index (χ4v) is 4.95. The Hall–Kier alpha value is -3.59. The molecule has 0 aliphatic carbocycles. The first-order valence-corrected chi connectivity index (χ1v) is 12.9. The van der Waals surface area contributed by atoms with Crippen LogP contribution in [0.5, 0.6) is 5.75 Å². The van der Waals surface area contributed by atoms with E-state index < -0.39 is 5.76 Å². The van der Waals surface area contributed by atoms with Crippen molar-refractivity contribution >= 4 is 28.6 Å². The first-order valence-electron chi connectivity index (χ1n) is 12.5. The molecule has 1 aromatic heterocycles. The van der Waals surface area contributed by atoms with Gasteiger partial charge >= 0.3 is 5.76 Å². The molecule has 1 unspecified atom stereocenters. The lowest BCUT2D eigenvalue weighted by atomic mass is 9.99. The fourth-order valence-electron chi connectivity index (χ4n) is 4.79. The molecule has 0 radical (unpaired) electrons. The maximum absolute atomic E-state index is 13.5. The van der Waals surface area contributed by atoms with Crippen LogP contribution in [0.25, 0.3) is 22.2 Å². The zero-order valence-corrected chi connectivity index (χ0v) is 22.2. The molecular formula is C29H30ClN3O5. The number of fused-ring (bicyclic) bond motifs is 1. The number of nitrogens with zero attached hydrogens (tertiary/aromatic N) is 3. The second kappa shape index (κ2) is 11.4. The van der Waals surface area contributed by atoms with E-state index in [0.29, 0.717) is 35.9 Å². The number of ether oxygens (including phenoxy) is 2. The zero-order valence-electron chi connectivity index (χ0n) is 21.4. The van der Waals surface area contributed by atoms with Crippen LogP contribution in [0.2, 0.25) is 5.02 Å². The minimum absolute atomic E-state index is 0.149. The Labute approximate surface area is 225 Å². The van der Waals surface area contributed by atoms with Crippen LogP contribution < -0.4 is 10.5 Å². The Kier molecular flexibility index (Phi) is 7.83. The molecule has 3 aromatic carbocycles. The summed E-state index contributed by atoms with van der Waals surface area (Å²) in [5, 5.41) is 0.467. The number of carbonyl (C=O) groups excluding carboxylic acids is 1. The van der Waals surface area contributed by atoms with Crippen molar-refractivity contribution in [3.05, 3.63) is 87.9 Å². The zero-order chi connectivity index (χ0) is 26.6. The quantitative estimate of drug-likeness (QED) is 0.332. The average Bonchev–Trinajstić information content (AvgIpc) is 3.25. The summed E-state index contributed by atoms with van der Waals surface area (Å²) in [5.74, 6) is 0.00620. The van der Waals surface area contributed by atoms with Gasteiger partial charge in [0, 0.05) is 31.7 Å². The Balaban J connectivity index is 1.42. The van der Waals surface area contributed by atoms with Crippen LogP contribution in [0.15, 0.2) is 75.9 Å². The van der Waals surface area contributed by atoms with Gasteiger partial charge in [0.1, 0.15) is 12.3 Å². The molecule has 0 bridgehead atoms. The number of carbonyl (C=O) groups is 1. The first kappa shape index (κ1) is 26.0. The summed E-state index contributed by atoms with van der Waals surface area (Å²) < 4.78 is 17.5. The van der Waals surface area contributed by atoms with Gasteiger partial charge in [0.25, 0.3) is 0 Å². The second-order valence-corrected chi connectivity index (χ2v) is 9.79. The number of oxazole rings is 1. The van der Waals surface area contributed by atoms with Crippen LogP contribution in [0.3, 0.4) is 0 Å². The summed E-state index contributed by atoms with van der Waals surface area (Å²) in [5.41, 5.74) is 4.01. The maximum atomic E-state index is 13.5. The molecule has 0 spiro atoms. The molecule has 0 saturated carbocycles. The number of likely N-dealkylation sites (N-methyl/N-ethyl adjacent to an activating group) is 1. The SMILES string of the molecule is COc1cccc(-c2ccc(C(CN3CCOCC3)N(C)C(=O)Cn3c(=O)oc4ccc(Cl)cc43)cc2)c1. The summed E-state index contributed by atoms with van der Waals surface area (Å²) >= 11 is 6.14. The summed E-state index contributed by atoms with van der Waals surface area (Å²) in [6.07, 6.45) is 0. The smallest absolute Gasteiger partial charge is 0.420 e. The number of aromatic nitrogens is 1. The molecule has 9 heteroatoms. The molecule has 198 valence electrons. The van der Waals surface area contributed by atoms with Gasteiger partial charge in [-0.05, 0) is 47.0 Å². The summed E-state index contributed by atoms with van der Waals surface area (Å²) in [6.45, 7) is 3.42. The molecule has 1 atom stereocenters. The van der Waals surface area contributed by atoms with Gasteiger partial charge in [0.2, 0.25) is 5.91 Å². The van der Waals surface area contributed by atoms with E-state index in [4.69, 9.17) is 25.5 Å². The van der Waals surface area contributed by atoms with Gasteiger partial charge < -0.3 is 18.8 Å². The third kappa shape index (κ3) is 5.62. The van der Waals surface area contributed by atoms with E-state index in [9.17, 15) is 9.59 Å². The number of methoxy groups -OCH3 is 1. The molecule has 1 aliphatic heterocycles. The third-order valence-corrected chi connectivity index (χ3v) is 7.25. The molecule has 38 heavy (non-hydrogen) atoms. The highest BCUT2D eigenvalue weighted by Crippen LogP contribution is 2.28. The van der Waals surface area contributed by atoms with Crippen LogP contribution in [-0.2, 0) is 16.1 Å². The average molecular weight is 536 g/mol. The van der Waals surface area contributed by atoms with Crippen LogP contribution in [0.1, 0.15) is 11.6 Å². The van der Waals surface area contributed by atoms with Crippen LogP contribution in [0, 0.1) is 0 Å². The summed E-state index contributed by atoms with van der Waals surface area (Å²) in [7, 11) is 3.43. The normalized spacial score (nSPS) is 14.9. The number of benzene rings is 3. The molecule has 1 aliphatic rings. The Bertz CT molecular complexity index is 1470. The molecule has 0 N–H and O–H groups in total. The van der Waals surface area contributed by atoms with Crippen LogP contribution in [-0.4, -0.2) is 67.3 Å². The molecule has 5 rings (SSSR count). The lowest BCUT2D eigenvalue weighted by molar-refractivity contribution is -0.133. The molecule has 4 aromatic rings. The molecule has 1 amide bonds. The van der Waals surface area contributed by atoms with Crippen LogP contribution >= 0.6 is 11.6 Å². The number of hydrogen-bond donors (Lipinski definition) is 0. The number of hydrogen-bond acceptors (Lipinski definition) is 6. The van der Waals surface area contributed by atoms with Gasteiger partial charge in [-0.1, -0.05) is 48.0 Å². The number of amides is 1. The molecule has 1 fully saturated rings. The minimum Gasteiger partial charge on any atom is -0.497 e. The highest BCUT2D eigenvalue weighted by molar-refractivity contribution is 6.31. The van der Waals surface area contributed by atoms with Crippen molar-refractivity contribution in [1.29, 1.82) is 0 Å². The topological polar surface area (TPSA) is 77.2 Å². The second-order valence-electron chi connectivity index (χ2n) is 9.35. The number of rotatable bonds is 8. The predicted molar refractivity (Wildman–Crippen MR) is 147 cm³/mol. The van der Waals surface area contributed by atoms with Crippen molar-refractivity contribution in [2.24, 2.45) is 0 Å². The number of morpholine rings is 1. The first-order chi connectivity index (χ1) is 18.4. The maximum Gasteiger partial charge on any atom is 0.420 e. The van der Waals surface area contributed by atoms with E-state index in [2.05, 4.69) is 29.2 Å². The highest BCUT2D eigenvalue weighted by Gasteiger charge is 2.26. The monoisotopic (exact) mass is 535 g/mol. The van der Waals surface area contributed by atoms with E-state index in [1.807, 2.05) is 24.3 Å². The predicted octanol–water partition coefficient (Wildman–Crippen LogP) is 4.46. The van der Waals surface area contributed by atoms with E-state index in [1.165, 1.54) is 4.57 Å². The van der Waals surface area contributed by atoms with Gasteiger partial charge in [-0.2, -0.15) is 0 Å². The van der Waals surface area contributed by atoms with Gasteiger partial charge in [-0.15, -0.1) is 0 Å². The van der Waals surface area contributed by atoms with Crippen molar-refractivity contribution < 1.29 is 18.7 Å². The van der Waals surface area contributed by atoms with E-state index in [1.54, 1.807) is 37.3 Å². The highest BCUT2D eigenvalue weighted by atomic mass is 35.5. The van der Waals surface area contributed by atoms with Gasteiger partial charge in [-0.3, -0.25) is 14.3 Å². The van der Waals surface area contributed by atoms with Crippen molar-refractivity contribution in [3.63, 3.8) is 0 Å². The lowest BCUT2D eigenvalue weighted by Gasteiger charge is -2.35. The van der Waals surface area contributed by atoms with E-state index in [-0.39, 0.29) is 18.5 Å². The Morgan fingerprint density at radius 3 is 2.55 bits per heavy atom. The van der Waals surface area contributed by atoms with Gasteiger partial charge in [0.05, 0.1) is 31.9 Å².